The lowest BCUT2D eigenvalue weighted by Gasteiger charge is -2.12. The highest BCUT2D eigenvalue weighted by atomic mass is 16.5. The lowest BCUT2D eigenvalue weighted by atomic mass is 10.3. The van der Waals surface area contributed by atoms with Crippen molar-refractivity contribution in [2.24, 2.45) is 4.99 Å². The minimum Gasteiger partial charge on any atom is -0.494 e. The number of hydrogen-bond donors (Lipinski definition) is 2. The maximum Gasteiger partial charge on any atom is 0.191 e. The predicted octanol–water partition coefficient (Wildman–Crippen LogP) is 1.86. The Bertz CT molecular complexity index is 626. The first-order chi connectivity index (χ1) is 12.3. The number of benzene rings is 1. The van der Waals surface area contributed by atoms with Gasteiger partial charge in [-0.25, -0.2) is 0 Å². The highest BCUT2D eigenvalue weighted by molar-refractivity contribution is 5.79. The molecule has 1 heterocycles. The van der Waals surface area contributed by atoms with E-state index in [0.717, 1.165) is 56.6 Å². The van der Waals surface area contributed by atoms with Gasteiger partial charge < -0.3 is 19.9 Å². The first kappa shape index (κ1) is 18.8. The summed E-state index contributed by atoms with van der Waals surface area (Å²) in [5.74, 6) is 2.73. The van der Waals surface area contributed by atoms with Crippen molar-refractivity contribution < 1.29 is 4.74 Å². The summed E-state index contributed by atoms with van der Waals surface area (Å²) in [5.41, 5.74) is 0. The largest absolute Gasteiger partial charge is 0.494 e. The zero-order chi connectivity index (χ0) is 17.7. The second kappa shape index (κ2) is 11.1. The number of rotatable bonds is 10. The fraction of sp³-hybridized carbons (Fsp3) is 0.500. The summed E-state index contributed by atoms with van der Waals surface area (Å²) in [6.45, 7) is 7.94. The number of ether oxygens (including phenoxy) is 1. The molecule has 1 aromatic carbocycles. The molecule has 7 nitrogen and oxygen atoms in total. The Labute approximate surface area is 149 Å². The van der Waals surface area contributed by atoms with Gasteiger partial charge in [-0.1, -0.05) is 25.1 Å². The summed E-state index contributed by atoms with van der Waals surface area (Å²) in [4.78, 5) is 4.58. The van der Waals surface area contributed by atoms with E-state index in [2.05, 4.69) is 44.2 Å². The molecular weight excluding hydrogens is 316 g/mol. The van der Waals surface area contributed by atoms with Crippen LogP contribution in [0.15, 0.2) is 41.7 Å². The molecule has 0 unspecified atom stereocenters. The molecule has 0 saturated carbocycles. The van der Waals surface area contributed by atoms with E-state index in [-0.39, 0.29) is 0 Å². The maximum absolute atomic E-state index is 5.68. The fourth-order valence-corrected chi connectivity index (χ4v) is 2.34. The number of nitrogens with zero attached hydrogens (tertiary/aromatic N) is 4. The predicted molar refractivity (Wildman–Crippen MR) is 99.9 cm³/mol. The van der Waals surface area contributed by atoms with Crippen LogP contribution >= 0.6 is 0 Å². The van der Waals surface area contributed by atoms with E-state index in [4.69, 9.17) is 4.74 Å². The van der Waals surface area contributed by atoms with Crippen LogP contribution in [0.1, 0.15) is 26.1 Å². The van der Waals surface area contributed by atoms with Crippen molar-refractivity contribution in [3.05, 3.63) is 42.5 Å². The summed E-state index contributed by atoms with van der Waals surface area (Å²) < 4.78 is 7.74. The van der Waals surface area contributed by atoms with Crippen LogP contribution in [0.3, 0.4) is 0 Å². The van der Waals surface area contributed by atoms with E-state index < -0.39 is 0 Å². The van der Waals surface area contributed by atoms with Crippen LogP contribution in [-0.2, 0) is 13.0 Å². The van der Waals surface area contributed by atoms with E-state index in [1.807, 2.05) is 30.3 Å². The molecule has 2 aromatic rings. The number of hydrogen-bond acceptors (Lipinski definition) is 4. The molecule has 1 aromatic heterocycles. The maximum atomic E-state index is 5.68. The average molecular weight is 344 g/mol. The third-order valence-corrected chi connectivity index (χ3v) is 3.59. The van der Waals surface area contributed by atoms with Crippen molar-refractivity contribution >= 4 is 5.96 Å². The molecule has 0 aliphatic carbocycles. The van der Waals surface area contributed by atoms with E-state index in [1.165, 1.54) is 0 Å². The molecule has 2 N–H and O–H groups in total. The van der Waals surface area contributed by atoms with Crippen LogP contribution in [0.2, 0.25) is 0 Å². The minimum atomic E-state index is 0.660. The van der Waals surface area contributed by atoms with Gasteiger partial charge in [0.25, 0.3) is 0 Å². The molecule has 0 fully saturated rings. The Morgan fingerprint density at radius 1 is 1.20 bits per heavy atom. The van der Waals surface area contributed by atoms with Gasteiger partial charge in [-0.3, -0.25) is 4.99 Å². The number of aryl methyl sites for hydroxylation is 1. The third-order valence-electron chi connectivity index (χ3n) is 3.59. The highest BCUT2D eigenvalue weighted by Crippen LogP contribution is 2.08. The molecule has 0 saturated heterocycles. The Hall–Kier alpha value is -2.57. The zero-order valence-corrected chi connectivity index (χ0v) is 15.1. The van der Waals surface area contributed by atoms with Crippen molar-refractivity contribution in [3.8, 4) is 5.75 Å². The molecule has 7 heteroatoms. The number of aliphatic imine (C=N–C) groups is 1. The second-order valence-electron chi connectivity index (χ2n) is 5.50. The molecule has 0 radical (unpaired) electrons. The van der Waals surface area contributed by atoms with Gasteiger partial charge in [-0.15, -0.1) is 10.2 Å². The van der Waals surface area contributed by atoms with E-state index in [1.54, 1.807) is 6.33 Å². The van der Waals surface area contributed by atoms with Crippen LogP contribution in [0.4, 0.5) is 0 Å². The second-order valence-corrected chi connectivity index (χ2v) is 5.50. The summed E-state index contributed by atoms with van der Waals surface area (Å²) in [7, 11) is 0. The lowest BCUT2D eigenvalue weighted by molar-refractivity contribution is 0.313. The number of aromatic nitrogens is 3. The monoisotopic (exact) mass is 344 g/mol. The van der Waals surface area contributed by atoms with Crippen LogP contribution in [0.5, 0.6) is 5.75 Å². The molecule has 0 amide bonds. The smallest absolute Gasteiger partial charge is 0.191 e. The van der Waals surface area contributed by atoms with Crippen molar-refractivity contribution in [1.82, 2.24) is 25.4 Å². The molecule has 136 valence electrons. The van der Waals surface area contributed by atoms with Crippen molar-refractivity contribution in [1.29, 1.82) is 0 Å². The molecule has 0 aliphatic rings. The van der Waals surface area contributed by atoms with E-state index >= 15 is 0 Å². The zero-order valence-electron chi connectivity index (χ0n) is 15.1. The topological polar surface area (TPSA) is 76.4 Å². The normalized spacial score (nSPS) is 11.4. The van der Waals surface area contributed by atoms with Gasteiger partial charge in [-0.05, 0) is 19.1 Å². The summed E-state index contributed by atoms with van der Waals surface area (Å²) in [6, 6.07) is 9.85. The van der Waals surface area contributed by atoms with Crippen LogP contribution in [0.25, 0.3) is 0 Å². The Morgan fingerprint density at radius 3 is 2.80 bits per heavy atom. The Balaban J connectivity index is 1.68. The first-order valence-electron chi connectivity index (χ1n) is 8.90. The number of nitrogens with one attached hydrogen (secondary N) is 2. The average Bonchev–Trinajstić information content (AvgIpc) is 3.10. The molecular formula is C18H28N6O. The van der Waals surface area contributed by atoms with Gasteiger partial charge in [0.05, 0.1) is 6.61 Å². The van der Waals surface area contributed by atoms with Crippen LogP contribution < -0.4 is 15.4 Å². The molecule has 25 heavy (non-hydrogen) atoms. The summed E-state index contributed by atoms with van der Waals surface area (Å²) in [5, 5.41) is 14.6. The summed E-state index contributed by atoms with van der Waals surface area (Å²) >= 11 is 0. The van der Waals surface area contributed by atoms with E-state index in [9.17, 15) is 0 Å². The molecule has 0 aliphatic heterocycles. The summed E-state index contributed by atoms with van der Waals surface area (Å²) in [6.07, 6.45) is 3.53. The van der Waals surface area contributed by atoms with Gasteiger partial charge in [0.15, 0.2) is 5.96 Å². The molecule has 0 bridgehead atoms. The highest BCUT2D eigenvalue weighted by Gasteiger charge is 2.02. The fourth-order valence-electron chi connectivity index (χ4n) is 2.34. The van der Waals surface area contributed by atoms with Gasteiger partial charge in [0.1, 0.15) is 17.9 Å². The van der Waals surface area contributed by atoms with Gasteiger partial charge in [-0.2, -0.15) is 0 Å². The minimum absolute atomic E-state index is 0.660. The van der Waals surface area contributed by atoms with Crippen molar-refractivity contribution in [3.63, 3.8) is 0 Å². The van der Waals surface area contributed by atoms with Crippen LogP contribution in [0, 0.1) is 0 Å². The molecule has 0 spiro atoms. The molecule has 2 rings (SSSR count). The third kappa shape index (κ3) is 6.82. The van der Waals surface area contributed by atoms with Crippen molar-refractivity contribution in [2.75, 3.05) is 26.2 Å². The first-order valence-corrected chi connectivity index (χ1v) is 8.90. The Kier molecular flexibility index (Phi) is 8.31. The SMILES string of the molecule is CCNC(=NCCCOc1ccccc1)NCCn1cnnc1CC. The lowest BCUT2D eigenvalue weighted by Crippen LogP contribution is -2.39. The van der Waals surface area contributed by atoms with Gasteiger partial charge in [0, 0.05) is 39.0 Å². The Morgan fingerprint density at radius 2 is 2.04 bits per heavy atom. The number of para-hydroxylation sites is 1. The molecule has 0 atom stereocenters. The standard InChI is InChI=1S/C18H28N6O/c1-3-17-23-22-15-24(17)13-12-21-18(19-4-2)20-11-8-14-25-16-9-6-5-7-10-16/h5-7,9-10,15H,3-4,8,11-14H2,1-2H3,(H2,19,20,21). The van der Waals surface area contributed by atoms with Crippen molar-refractivity contribution in [2.45, 2.75) is 33.2 Å². The van der Waals surface area contributed by atoms with E-state index in [0.29, 0.717) is 6.61 Å². The quantitative estimate of drug-likeness (QED) is 0.391. The van der Waals surface area contributed by atoms with Crippen LogP contribution in [-0.4, -0.2) is 47.0 Å². The van der Waals surface area contributed by atoms with Gasteiger partial charge in [0.2, 0.25) is 0 Å². The number of guanidine groups is 1. The van der Waals surface area contributed by atoms with Gasteiger partial charge >= 0.3 is 0 Å².